The molecule has 1 aliphatic rings. The molecule has 1 unspecified atom stereocenters. The van der Waals surface area contributed by atoms with Crippen LogP contribution in [0.15, 0.2) is 52.0 Å². The van der Waals surface area contributed by atoms with Gasteiger partial charge in [-0.25, -0.2) is 8.42 Å². The highest BCUT2D eigenvalue weighted by Crippen LogP contribution is 2.27. The van der Waals surface area contributed by atoms with Gasteiger partial charge in [0, 0.05) is 32.1 Å². The average Bonchev–Trinajstić information content (AvgIpc) is 3.27. The Labute approximate surface area is 183 Å². The number of furan rings is 1. The van der Waals surface area contributed by atoms with Crippen molar-refractivity contribution in [3.05, 3.63) is 54.0 Å². The number of piperidine rings is 1. The number of benzene rings is 1. The molecule has 0 aliphatic carbocycles. The van der Waals surface area contributed by atoms with Crippen LogP contribution in [0.25, 0.3) is 0 Å². The molecule has 1 aliphatic heterocycles. The highest BCUT2D eigenvalue weighted by molar-refractivity contribution is 7.89. The third kappa shape index (κ3) is 6.18. The van der Waals surface area contributed by atoms with Crippen LogP contribution in [0.5, 0.6) is 0 Å². The van der Waals surface area contributed by atoms with E-state index in [1.54, 1.807) is 42.7 Å². The van der Waals surface area contributed by atoms with Crippen molar-refractivity contribution in [1.82, 2.24) is 14.9 Å². The van der Waals surface area contributed by atoms with Crippen LogP contribution in [0.1, 0.15) is 37.0 Å². The zero-order chi connectivity index (χ0) is 22.3. The van der Waals surface area contributed by atoms with Crippen LogP contribution in [-0.2, 0) is 26.0 Å². The molecule has 8 nitrogen and oxygen atoms in total. The number of amides is 2. The number of rotatable bonds is 8. The zero-order valence-corrected chi connectivity index (χ0v) is 18.5. The molecule has 1 aromatic heterocycles. The monoisotopic (exact) mass is 447 g/mol. The maximum Gasteiger partial charge on any atom is 0.309 e. The van der Waals surface area contributed by atoms with Gasteiger partial charge in [0.25, 0.3) is 0 Å². The van der Waals surface area contributed by atoms with E-state index >= 15 is 0 Å². The lowest BCUT2D eigenvalue weighted by atomic mass is 10.0. The van der Waals surface area contributed by atoms with Gasteiger partial charge in [-0.15, -0.1) is 0 Å². The zero-order valence-electron chi connectivity index (χ0n) is 17.7. The van der Waals surface area contributed by atoms with Gasteiger partial charge < -0.3 is 15.1 Å². The largest absolute Gasteiger partial charge is 0.469 e. The van der Waals surface area contributed by atoms with Crippen molar-refractivity contribution in [1.29, 1.82) is 0 Å². The van der Waals surface area contributed by atoms with Crippen molar-refractivity contribution in [2.75, 3.05) is 19.6 Å². The second-order valence-corrected chi connectivity index (χ2v) is 9.60. The number of nitrogens with zero attached hydrogens (tertiary/aromatic N) is 1. The molecule has 1 atom stereocenters. The van der Waals surface area contributed by atoms with Crippen molar-refractivity contribution in [2.24, 2.45) is 0 Å². The third-order valence-corrected chi connectivity index (χ3v) is 7.37. The highest BCUT2D eigenvalue weighted by atomic mass is 32.2. The number of carbonyl (C=O) groups excluding carboxylic acids is 2. The smallest absolute Gasteiger partial charge is 0.309 e. The van der Waals surface area contributed by atoms with Crippen molar-refractivity contribution in [3.63, 3.8) is 0 Å². The van der Waals surface area contributed by atoms with Crippen LogP contribution in [-0.4, -0.2) is 50.2 Å². The molecule has 2 aromatic rings. The lowest BCUT2D eigenvalue weighted by molar-refractivity contribution is -0.139. The van der Waals surface area contributed by atoms with Crippen LogP contribution < -0.4 is 10.6 Å². The molecule has 0 radical (unpaired) electrons. The van der Waals surface area contributed by atoms with Crippen molar-refractivity contribution in [2.45, 2.75) is 50.0 Å². The fourth-order valence-corrected chi connectivity index (χ4v) is 5.42. The van der Waals surface area contributed by atoms with Gasteiger partial charge in [-0.05, 0) is 50.5 Å². The first kappa shape index (κ1) is 23.0. The van der Waals surface area contributed by atoms with E-state index in [9.17, 15) is 18.0 Å². The van der Waals surface area contributed by atoms with Gasteiger partial charge in [0.15, 0.2) is 0 Å². The molecule has 2 heterocycles. The summed E-state index contributed by atoms with van der Waals surface area (Å²) < 4.78 is 32.9. The second kappa shape index (κ2) is 10.6. The van der Waals surface area contributed by atoms with Gasteiger partial charge in [-0.1, -0.05) is 24.1 Å². The fourth-order valence-electron chi connectivity index (χ4n) is 3.69. The summed E-state index contributed by atoms with van der Waals surface area (Å²) in [6, 6.07) is 10.2. The molecular formula is C22H29N3O5S. The van der Waals surface area contributed by atoms with Crippen molar-refractivity contribution in [3.8, 4) is 0 Å². The fraction of sp³-hybridized carbons (Fsp3) is 0.455. The lowest BCUT2D eigenvalue weighted by Crippen LogP contribution is -2.46. The Hall–Kier alpha value is -2.65. The second-order valence-electron chi connectivity index (χ2n) is 7.71. The number of sulfonamides is 1. The molecule has 1 aromatic carbocycles. The quantitative estimate of drug-likeness (QED) is 0.602. The SMILES string of the molecule is Cc1ccc(S(=O)(=O)N2CCCCC2CCNC(=O)C(=O)NCCc2ccco2)cc1. The minimum Gasteiger partial charge on any atom is -0.469 e. The number of carbonyl (C=O) groups is 2. The minimum absolute atomic E-state index is 0.206. The Kier molecular flexibility index (Phi) is 7.86. The number of nitrogens with one attached hydrogen (secondary N) is 2. The summed E-state index contributed by atoms with van der Waals surface area (Å²) in [6.45, 7) is 2.90. The first-order valence-corrected chi connectivity index (χ1v) is 12.0. The molecule has 0 bridgehead atoms. The first-order valence-electron chi connectivity index (χ1n) is 10.5. The summed E-state index contributed by atoms with van der Waals surface area (Å²) in [5, 5.41) is 5.15. The van der Waals surface area contributed by atoms with Gasteiger partial charge in [0.2, 0.25) is 10.0 Å². The van der Waals surface area contributed by atoms with E-state index in [4.69, 9.17) is 4.42 Å². The van der Waals surface area contributed by atoms with E-state index in [0.29, 0.717) is 25.9 Å². The average molecular weight is 448 g/mol. The van der Waals surface area contributed by atoms with E-state index in [1.807, 2.05) is 6.92 Å². The third-order valence-electron chi connectivity index (χ3n) is 5.41. The molecule has 9 heteroatoms. The molecule has 0 saturated carbocycles. The number of hydrogen-bond acceptors (Lipinski definition) is 5. The topological polar surface area (TPSA) is 109 Å². The van der Waals surface area contributed by atoms with Gasteiger partial charge >= 0.3 is 11.8 Å². The summed E-state index contributed by atoms with van der Waals surface area (Å²) in [7, 11) is -3.60. The summed E-state index contributed by atoms with van der Waals surface area (Å²) in [5.41, 5.74) is 0.999. The Bertz CT molecular complexity index is 971. The van der Waals surface area contributed by atoms with E-state index in [1.165, 1.54) is 4.31 Å². The standard InChI is InChI=1S/C22H29N3O5S/c1-17-7-9-20(10-8-17)31(28,29)25-15-3-2-5-18(25)11-13-23-21(26)22(27)24-14-12-19-6-4-16-30-19/h4,6-10,16,18H,2-3,5,11-15H2,1H3,(H,23,26)(H,24,27). The van der Waals surface area contributed by atoms with Crippen LogP contribution in [0.2, 0.25) is 0 Å². The Balaban J connectivity index is 1.49. The molecule has 1 fully saturated rings. The van der Waals surface area contributed by atoms with Crippen molar-refractivity contribution >= 4 is 21.8 Å². The van der Waals surface area contributed by atoms with E-state index in [-0.39, 0.29) is 17.5 Å². The Morgan fingerprint density at radius 3 is 2.45 bits per heavy atom. The maximum atomic E-state index is 13.1. The number of aryl methyl sites for hydroxylation is 1. The molecular weight excluding hydrogens is 418 g/mol. The van der Waals surface area contributed by atoms with Gasteiger partial charge in [-0.2, -0.15) is 4.31 Å². The summed E-state index contributed by atoms with van der Waals surface area (Å²) in [4.78, 5) is 24.2. The van der Waals surface area contributed by atoms with Crippen LogP contribution in [0.4, 0.5) is 0 Å². The first-order chi connectivity index (χ1) is 14.9. The Morgan fingerprint density at radius 1 is 1.06 bits per heavy atom. The van der Waals surface area contributed by atoms with Crippen LogP contribution in [0.3, 0.4) is 0 Å². The Morgan fingerprint density at radius 2 is 1.77 bits per heavy atom. The van der Waals surface area contributed by atoms with Crippen LogP contribution in [0, 0.1) is 6.92 Å². The molecule has 31 heavy (non-hydrogen) atoms. The van der Waals surface area contributed by atoms with Gasteiger partial charge in [0.1, 0.15) is 5.76 Å². The minimum atomic E-state index is -3.60. The lowest BCUT2D eigenvalue weighted by Gasteiger charge is -2.34. The van der Waals surface area contributed by atoms with Gasteiger partial charge in [0.05, 0.1) is 11.2 Å². The maximum absolute atomic E-state index is 13.1. The normalized spacial score (nSPS) is 17.3. The van der Waals surface area contributed by atoms with E-state index in [2.05, 4.69) is 10.6 Å². The molecule has 3 rings (SSSR count). The predicted molar refractivity (Wildman–Crippen MR) is 116 cm³/mol. The summed E-state index contributed by atoms with van der Waals surface area (Å²) in [5.74, 6) is -0.699. The molecule has 168 valence electrons. The molecule has 0 spiro atoms. The highest BCUT2D eigenvalue weighted by Gasteiger charge is 2.33. The molecule has 2 N–H and O–H groups in total. The molecule has 1 saturated heterocycles. The van der Waals surface area contributed by atoms with E-state index in [0.717, 1.165) is 30.6 Å². The van der Waals surface area contributed by atoms with E-state index < -0.39 is 21.8 Å². The van der Waals surface area contributed by atoms with Crippen LogP contribution >= 0.6 is 0 Å². The van der Waals surface area contributed by atoms with Gasteiger partial charge in [-0.3, -0.25) is 9.59 Å². The summed E-state index contributed by atoms with van der Waals surface area (Å²) >= 11 is 0. The number of hydrogen-bond donors (Lipinski definition) is 2. The summed E-state index contributed by atoms with van der Waals surface area (Å²) in [6.07, 6.45) is 4.99. The van der Waals surface area contributed by atoms with Crippen molar-refractivity contribution < 1.29 is 22.4 Å². The molecule has 2 amide bonds. The predicted octanol–water partition coefficient (Wildman–Crippen LogP) is 2.00.